The fourth-order valence-corrected chi connectivity index (χ4v) is 14.2. The zero-order chi connectivity index (χ0) is 30.8. The van der Waals surface area contributed by atoms with Gasteiger partial charge in [0.1, 0.15) is 8.24 Å². The van der Waals surface area contributed by atoms with Crippen LogP contribution in [0.4, 0.5) is 0 Å². The molecular formula is C37H52Cl2N2SiTi-2. The van der Waals surface area contributed by atoms with E-state index in [1.165, 1.54) is 22.3 Å². The Morgan fingerprint density at radius 3 is 1.77 bits per heavy atom. The molecule has 6 heteroatoms. The molecule has 1 aromatic rings. The second-order valence-corrected chi connectivity index (χ2v) is 23.0. The second kappa shape index (κ2) is 12.5. The zero-order valence-electron chi connectivity index (χ0n) is 28.1. The minimum absolute atomic E-state index is 0. The third kappa shape index (κ3) is 6.36. The molecule has 0 spiro atoms. The summed E-state index contributed by atoms with van der Waals surface area (Å²) in [4.78, 5) is 0. The van der Waals surface area contributed by atoms with E-state index >= 15 is 0 Å². The summed E-state index contributed by atoms with van der Waals surface area (Å²) in [5, 5.41) is 5.57. The molecule has 0 aromatic heterocycles. The van der Waals surface area contributed by atoms with Crippen molar-refractivity contribution in [2.24, 2.45) is 34.5 Å². The third-order valence-corrected chi connectivity index (χ3v) is 15.0. The van der Waals surface area contributed by atoms with Gasteiger partial charge in [0.25, 0.3) is 0 Å². The van der Waals surface area contributed by atoms with Crippen LogP contribution >= 0.6 is 18.6 Å². The summed E-state index contributed by atoms with van der Waals surface area (Å²) in [6.07, 6.45) is 20.4. The first-order valence-electron chi connectivity index (χ1n) is 15.6. The number of benzene rings is 1. The van der Waals surface area contributed by atoms with Crippen LogP contribution in [0.3, 0.4) is 0 Å². The molecule has 6 atom stereocenters. The molecular weight excluding hydrogens is 619 g/mol. The summed E-state index contributed by atoms with van der Waals surface area (Å²) < 4.78 is 2.94. The van der Waals surface area contributed by atoms with Crippen molar-refractivity contribution < 1.29 is 17.0 Å². The zero-order valence-corrected chi connectivity index (χ0v) is 32.2. The number of hydrogen-bond acceptors (Lipinski definition) is 1. The van der Waals surface area contributed by atoms with E-state index in [1.807, 2.05) is 0 Å². The van der Waals surface area contributed by atoms with Crippen LogP contribution in [0.5, 0.6) is 0 Å². The van der Waals surface area contributed by atoms with Gasteiger partial charge in [0.05, 0.1) is 0 Å². The van der Waals surface area contributed by atoms with Crippen LogP contribution in [0.15, 0.2) is 77.9 Å². The van der Waals surface area contributed by atoms with Gasteiger partial charge < -0.3 is 17.3 Å². The maximum absolute atomic E-state index is 5.57. The number of rotatable bonds is 2. The van der Waals surface area contributed by atoms with Crippen molar-refractivity contribution in [3.8, 4) is 0 Å². The molecule has 0 amide bonds. The van der Waals surface area contributed by atoms with Crippen LogP contribution < -0.4 is 0 Å². The molecule has 2 fully saturated rings. The summed E-state index contributed by atoms with van der Waals surface area (Å²) in [5.74, 6) is 2.28. The molecule has 234 valence electrons. The van der Waals surface area contributed by atoms with Crippen molar-refractivity contribution in [3.63, 3.8) is 0 Å². The molecule has 0 N–H and O–H groups in total. The third-order valence-electron chi connectivity index (χ3n) is 10.5. The molecule has 43 heavy (non-hydrogen) atoms. The van der Waals surface area contributed by atoms with Crippen molar-refractivity contribution in [1.29, 1.82) is 0 Å². The average Bonchev–Trinajstić information content (AvgIpc) is 3.38. The van der Waals surface area contributed by atoms with Gasteiger partial charge in [0, 0.05) is 6.04 Å². The van der Waals surface area contributed by atoms with Crippen molar-refractivity contribution in [2.45, 2.75) is 91.8 Å². The van der Waals surface area contributed by atoms with Crippen molar-refractivity contribution in [1.82, 2.24) is 4.57 Å². The molecule has 1 saturated heterocycles. The van der Waals surface area contributed by atoms with E-state index in [9.17, 15) is 0 Å². The predicted octanol–water partition coefficient (Wildman–Crippen LogP) is 11.5. The summed E-state index contributed by atoms with van der Waals surface area (Å²) in [6.45, 7) is 24.4. The van der Waals surface area contributed by atoms with E-state index in [4.69, 9.17) is 23.9 Å². The Labute approximate surface area is 280 Å². The molecule has 1 aromatic carbocycles. The van der Waals surface area contributed by atoms with Gasteiger partial charge in [-0.1, -0.05) is 159 Å². The second-order valence-electron chi connectivity index (χ2n) is 15.9. The van der Waals surface area contributed by atoms with Crippen LogP contribution in [0, 0.1) is 41.9 Å². The number of nitrogens with zero attached hydrogens (tertiary/aromatic N) is 2. The van der Waals surface area contributed by atoms with E-state index in [2.05, 4.69) is 146 Å². The molecule has 1 saturated carbocycles. The molecule has 2 nitrogen and oxygen atoms in total. The van der Waals surface area contributed by atoms with E-state index in [0.29, 0.717) is 35.3 Å². The van der Waals surface area contributed by atoms with Crippen LogP contribution in [0.2, 0.25) is 18.6 Å². The van der Waals surface area contributed by atoms with Crippen LogP contribution in [0.25, 0.3) is 11.4 Å². The van der Waals surface area contributed by atoms with Gasteiger partial charge in [0.2, 0.25) is 0 Å². The molecule has 4 aliphatic carbocycles. The van der Waals surface area contributed by atoms with Crippen molar-refractivity contribution in [3.05, 3.63) is 102 Å². The van der Waals surface area contributed by atoms with Crippen LogP contribution in [-0.4, -0.2) is 24.5 Å². The number of fused-ring (bicyclic) bond motifs is 6. The summed E-state index contributed by atoms with van der Waals surface area (Å²) >= 11 is -0.556. The van der Waals surface area contributed by atoms with Gasteiger partial charge in [-0.05, 0) is 56.8 Å². The first kappa shape index (κ1) is 35.2. The van der Waals surface area contributed by atoms with Crippen LogP contribution in [0.1, 0.15) is 72.6 Å². The van der Waals surface area contributed by atoms with E-state index in [0.717, 1.165) is 0 Å². The summed E-state index contributed by atoms with van der Waals surface area (Å²) in [6, 6.07) is 9.47. The van der Waals surface area contributed by atoms with Gasteiger partial charge in [-0.2, -0.15) is 0 Å². The van der Waals surface area contributed by atoms with Gasteiger partial charge in [-0.25, -0.2) is 0 Å². The molecule has 0 bridgehead atoms. The van der Waals surface area contributed by atoms with Crippen molar-refractivity contribution in [2.75, 3.05) is 0 Å². The SMILES string of the molecule is CC(C)(C)C1=CC2C(C=C1)C1C=CC(C(C)(C)C)=CC1C2[Si](C)(C)N1[C@@H]2C=Cc3ccccc3C2[N-]C1(C)C.[CH3-].[Cl][Ti][Cl]. The summed E-state index contributed by atoms with van der Waals surface area (Å²) in [5.41, 5.74) is 6.52. The fraction of sp³-hybridized carbons (Fsp3) is 0.541. The Kier molecular flexibility index (Phi) is 10.2. The molecule has 0 radical (unpaired) electrons. The first-order valence-corrected chi connectivity index (χ1v) is 22.9. The first-order chi connectivity index (χ1) is 19.5. The van der Waals surface area contributed by atoms with Gasteiger partial charge >= 0.3 is 35.6 Å². The number of allylic oxidation sites excluding steroid dienone is 8. The molecule has 5 aliphatic rings. The fourth-order valence-electron chi connectivity index (χ4n) is 8.90. The number of halogens is 2. The monoisotopic (exact) mass is 670 g/mol. The van der Waals surface area contributed by atoms with E-state index < -0.39 is 25.3 Å². The molecule has 1 aliphatic heterocycles. The van der Waals surface area contributed by atoms with E-state index in [1.54, 1.807) is 0 Å². The minimum atomic E-state index is -2.06. The maximum atomic E-state index is 5.57. The van der Waals surface area contributed by atoms with Crippen LogP contribution in [-0.2, 0) is 17.0 Å². The Bertz CT molecular complexity index is 1290. The molecule has 6 rings (SSSR count). The standard InChI is InChI=1S/C36H49N2Si.CH3.2ClH.Ti/c1-34(2,3)24-16-18-27-28-19-17-25(35(4,5)6)22-30(28)33(29(27)21-24)39(9,10)38-31-20-15-23-13-11-12-14-26(23)32(31)37-36(38,7)8;;;;/h11-22,27-33H,1-10H3;1H3;2*1H;/q2*-1;;;+2/p-2/t27?,28?,29?,30?,31-,32?,33?;;;;/m1..../s1. The van der Waals surface area contributed by atoms with Gasteiger partial charge in [0.15, 0.2) is 0 Å². The summed E-state index contributed by atoms with van der Waals surface area (Å²) in [7, 11) is 7.71. The Morgan fingerprint density at radius 2 is 1.28 bits per heavy atom. The van der Waals surface area contributed by atoms with Crippen molar-refractivity contribution >= 4 is 32.9 Å². The quantitative estimate of drug-likeness (QED) is 0.226. The Morgan fingerprint density at radius 1 is 0.791 bits per heavy atom. The normalized spacial score (nSPS) is 32.2. The Hall–Kier alpha value is -0.649. The Balaban J connectivity index is 0.00000102. The topological polar surface area (TPSA) is 17.3 Å². The molecule has 1 heterocycles. The number of hydrogen-bond donors (Lipinski definition) is 0. The van der Waals surface area contributed by atoms with Gasteiger partial charge in [-0.15, -0.1) is 0 Å². The predicted molar refractivity (Wildman–Crippen MR) is 188 cm³/mol. The van der Waals surface area contributed by atoms with Gasteiger partial charge in [-0.3, -0.25) is 0 Å². The van der Waals surface area contributed by atoms with E-state index in [-0.39, 0.29) is 30.0 Å². The average molecular weight is 672 g/mol. The molecule has 5 unspecified atom stereocenters.